The van der Waals surface area contributed by atoms with Crippen LogP contribution < -0.4 is 0 Å². The molecule has 0 heterocycles. The molecule has 0 rings (SSSR count). The van der Waals surface area contributed by atoms with Crippen molar-refractivity contribution in [1.82, 2.24) is 0 Å². The topological polar surface area (TPSA) is 0 Å². The summed E-state index contributed by atoms with van der Waals surface area (Å²) in [5.74, 6) is 0. The molecule has 0 amide bonds. The van der Waals surface area contributed by atoms with Crippen molar-refractivity contribution in [2.24, 2.45) is 0 Å². The van der Waals surface area contributed by atoms with E-state index in [1.807, 2.05) is 0 Å². The molecule has 0 nitrogen and oxygen atoms in total. The second-order valence-electron chi connectivity index (χ2n) is 0. The van der Waals surface area contributed by atoms with Crippen molar-refractivity contribution < 1.29 is 0 Å². The fourth-order valence-electron chi connectivity index (χ4n) is 0. The van der Waals surface area contributed by atoms with E-state index in [1.54, 1.807) is 0 Å². The zero-order chi connectivity index (χ0) is 0. The molecule has 0 aliphatic carbocycles. The van der Waals surface area contributed by atoms with E-state index in [-0.39, 0.29) is 196 Å². The summed E-state index contributed by atoms with van der Waals surface area (Å²) in [5.41, 5.74) is 0. The van der Waals surface area contributed by atoms with Crippen molar-refractivity contribution in [2.75, 3.05) is 0 Å². The first-order valence-electron chi connectivity index (χ1n) is 0. The van der Waals surface area contributed by atoms with Crippen molar-refractivity contribution in [1.29, 1.82) is 0 Å². The van der Waals surface area contributed by atoms with Gasteiger partial charge in [-0.2, -0.15) is 0 Å². The van der Waals surface area contributed by atoms with Gasteiger partial charge in [0.25, 0.3) is 0 Å². The average molecular weight is 557 g/mol. The number of rotatable bonds is 0. The molecule has 4 heteroatoms. The Labute approximate surface area is 188 Å². The third-order valence-corrected chi connectivity index (χ3v) is 0. The predicted molar refractivity (Wildman–Crippen MR) is 34.2 cm³/mol. The first-order valence-corrected chi connectivity index (χ1v) is 0. The van der Waals surface area contributed by atoms with E-state index in [0.29, 0.717) is 0 Å². The molecule has 0 radical (unpaired) electrons. The van der Waals surface area contributed by atoms with E-state index < -0.39 is 0 Å². The van der Waals surface area contributed by atoms with Crippen LogP contribution >= 0.6 is 0 Å². The Hall–Kier alpha value is 6.29. The monoisotopic (exact) mass is 560 g/mol. The SMILES string of the molecule is [BaH2].[BaH2].[BaH2].[BaH2]. The molecular formula is H8Ba4. The second kappa shape index (κ2) is 16.1. The standard InChI is InChI=1S/4Ba.8H. The molecule has 0 fully saturated rings. The van der Waals surface area contributed by atoms with Crippen LogP contribution in [0.4, 0.5) is 0 Å². The molecule has 0 spiro atoms. The first kappa shape index (κ1) is 22.4. The van der Waals surface area contributed by atoms with E-state index in [0.717, 1.165) is 0 Å². The van der Waals surface area contributed by atoms with E-state index in [1.165, 1.54) is 0 Å². The van der Waals surface area contributed by atoms with Crippen LogP contribution in [0, 0.1) is 0 Å². The van der Waals surface area contributed by atoms with Gasteiger partial charge in [0.15, 0.2) is 0 Å². The van der Waals surface area contributed by atoms with Crippen LogP contribution in [0.1, 0.15) is 0 Å². The van der Waals surface area contributed by atoms with E-state index in [4.69, 9.17) is 0 Å². The fourth-order valence-corrected chi connectivity index (χ4v) is 0. The number of hydrogen-bond donors (Lipinski definition) is 0. The van der Waals surface area contributed by atoms with Crippen molar-refractivity contribution in [3.63, 3.8) is 0 Å². The summed E-state index contributed by atoms with van der Waals surface area (Å²) < 4.78 is 0. The summed E-state index contributed by atoms with van der Waals surface area (Å²) in [5, 5.41) is 0. The van der Waals surface area contributed by atoms with Gasteiger partial charge in [0.05, 0.1) is 0 Å². The van der Waals surface area contributed by atoms with Gasteiger partial charge >= 0.3 is 196 Å². The van der Waals surface area contributed by atoms with Crippen LogP contribution in [0.2, 0.25) is 0 Å². The maximum atomic E-state index is 0. The Morgan fingerprint density at radius 1 is 0.250 bits per heavy atom. The molecule has 0 aromatic rings. The predicted octanol–water partition coefficient (Wildman–Crippen LogP) is -3.66. The molecule has 0 unspecified atom stereocenters. The van der Waals surface area contributed by atoms with E-state index in [2.05, 4.69) is 0 Å². The van der Waals surface area contributed by atoms with Gasteiger partial charge in [-0.15, -0.1) is 0 Å². The zero-order valence-electron chi connectivity index (χ0n) is 0. The summed E-state index contributed by atoms with van der Waals surface area (Å²) in [6.45, 7) is 0. The van der Waals surface area contributed by atoms with Gasteiger partial charge in [-0.3, -0.25) is 0 Å². The van der Waals surface area contributed by atoms with Crippen molar-refractivity contribution >= 4 is 196 Å². The van der Waals surface area contributed by atoms with Gasteiger partial charge in [0, 0.05) is 0 Å². The normalized spacial score (nSPS) is 0. The van der Waals surface area contributed by atoms with Crippen LogP contribution in [0.5, 0.6) is 0 Å². The van der Waals surface area contributed by atoms with E-state index in [9.17, 15) is 0 Å². The Bertz CT molecular complexity index is 0. The first-order chi connectivity index (χ1) is 0. The second-order valence-corrected chi connectivity index (χ2v) is 0. The van der Waals surface area contributed by atoms with Gasteiger partial charge in [0.2, 0.25) is 0 Å². The van der Waals surface area contributed by atoms with E-state index >= 15 is 0 Å². The average Bonchev–Trinajstić information content (AvgIpc) is 0. The molecule has 0 bridgehead atoms. The van der Waals surface area contributed by atoms with Gasteiger partial charge in [-0.25, -0.2) is 0 Å². The maximum absolute atomic E-state index is 0. The molecule has 0 aliphatic heterocycles. The Balaban J connectivity index is 0. The van der Waals surface area contributed by atoms with Crippen LogP contribution in [0.15, 0.2) is 0 Å². The van der Waals surface area contributed by atoms with Gasteiger partial charge in [-0.1, -0.05) is 0 Å². The third kappa shape index (κ3) is 11.1. The van der Waals surface area contributed by atoms with Crippen LogP contribution in [0.25, 0.3) is 0 Å². The molecule has 0 aromatic heterocycles. The molecule has 0 aromatic carbocycles. The Kier molecular flexibility index (Phi) is 90.5. The van der Waals surface area contributed by atoms with Crippen molar-refractivity contribution in [3.05, 3.63) is 0 Å². The Morgan fingerprint density at radius 3 is 0.250 bits per heavy atom. The van der Waals surface area contributed by atoms with Crippen LogP contribution in [0.3, 0.4) is 0 Å². The molecule has 0 aliphatic rings. The van der Waals surface area contributed by atoms with Crippen LogP contribution in [-0.4, -0.2) is 196 Å². The van der Waals surface area contributed by atoms with Crippen molar-refractivity contribution in [3.8, 4) is 0 Å². The quantitative estimate of drug-likeness (QED) is 0.270. The molecule has 0 saturated carbocycles. The molecular weight excluding hydrogens is 549 g/mol. The summed E-state index contributed by atoms with van der Waals surface area (Å²) in [6, 6.07) is 0. The van der Waals surface area contributed by atoms with Gasteiger partial charge < -0.3 is 0 Å². The third-order valence-electron chi connectivity index (χ3n) is 0. The minimum absolute atomic E-state index is 0. The van der Waals surface area contributed by atoms with Gasteiger partial charge in [0.1, 0.15) is 0 Å². The number of hydrogen-bond acceptors (Lipinski definition) is 0. The van der Waals surface area contributed by atoms with Gasteiger partial charge in [-0.05, 0) is 0 Å². The molecule has 0 N–H and O–H groups in total. The summed E-state index contributed by atoms with van der Waals surface area (Å²) in [4.78, 5) is 0. The van der Waals surface area contributed by atoms with Crippen LogP contribution in [-0.2, 0) is 0 Å². The minimum atomic E-state index is 0. The van der Waals surface area contributed by atoms with Crippen molar-refractivity contribution in [2.45, 2.75) is 0 Å². The summed E-state index contributed by atoms with van der Waals surface area (Å²) >= 11 is 0. The molecule has 0 saturated heterocycles. The molecule has 0 atom stereocenters. The molecule has 16 valence electrons. The zero-order valence-corrected chi connectivity index (χ0v) is 0. The summed E-state index contributed by atoms with van der Waals surface area (Å²) in [7, 11) is 0. The fraction of sp³-hybridized carbons (Fsp3) is 0. The summed E-state index contributed by atoms with van der Waals surface area (Å²) in [6.07, 6.45) is 0. The molecule has 4 heavy (non-hydrogen) atoms. The Morgan fingerprint density at radius 2 is 0.250 bits per heavy atom.